The third kappa shape index (κ3) is 3.45. The number of fused-ring (bicyclic) bond motifs is 1. The van der Waals surface area contributed by atoms with E-state index in [2.05, 4.69) is 35.6 Å². The number of methoxy groups -OCH3 is 1. The number of aromatic nitrogens is 5. The largest absolute Gasteiger partial charge is 0.481 e. The molecule has 4 heterocycles. The van der Waals surface area contributed by atoms with Gasteiger partial charge in [-0.15, -0.1) is 0 Å². The molecule has 0 radical (unpaired) electrons. The molecule has 3 N–H and O–H groups in total. The number of hydrogen-bond donors (Lipinski definition) is 3. The van der Waals surface area contributed by atoms with Crippen LogP contribution in [0.5, 0.6) is 5.88 Å². The Kier molecular flexibility index (Phi) is 4.30. The molecule has 3 aromatic heterocycles. The van der Waals surface area contributed by atoms with E-state index in [1.165, 1.54) is 0 Å². The Balaban J connectivity index is 1.55. The Bertz CT molecular complexity index is 843. The highest BCUT2D eigenvalue weighted by molar-refractivity contribution is 5.84. The molecular formula is C16H19N7O2. The number of ether oxygens (including phenoxy) is 2. The SMILES string of the molecule is COc1ccc(Nc2nc(NCC3CCCO3)c3[nH]cnc3n2)cn1. The van der Waals surface area contributed by atoms with Crippen LogP contribution >= 0.6 is 0 Å². The molecule has 1 atom stereocenters. The molecule has 3 aromatic rings. The smallest absolute Gasteiger partial charge is 0.231 e. The number of imidazole rings is 1. The van der Waals surface area contributed by atoms with Gasteiger partial charge in [0.2, 0.25) is 11.8 Å². The Morgan fingerprint density at radius 3 is 3.04 bits per heavy atom. The Morgan fingerprint density at radius 2 is 2.28 bits per heavy atom. The normalized spacial score (nSPS) is 16.9. The van der Waals surface area contributed by atoms with E-state index in [4.69, 9.17) is 9.47 Å². The van der Waals surface area contributed by atoms with Gasteiger partial charge in [0.15, 0.2) is 11.5 Å². The van der Waals surface area contributed by atoms with Crippen LogP contribution in [0.4, 0.5) is 17.5 Å². The van der Waals surface area contributed by atoms with Crippen LogP contribution in [-0.2, 0) is 4.74 Å². The zero-order valence-electron chi connectivity index (χ0n) is 13.8. The van der Waals surface area contributed by atoms with Gasteiger partial charge in [0, 0.05) is 19.2 Å². The number of nitrogens with zero attached hydrogens (tertiary/aromatic N) is 4. The van der Waals surface area contributed by atoms with Crippen LogP contribution < -0.4 is 15.4 Å². The lowest BCUT2D eigenvalue weighted by molar-refractivity contribution is 0.120. The number of anilines is 3. The van der Waals surface area contributed by atoms with Gasteiger partial charge in [-0.25, -0.2) is 9.97 Å². The van der Waals surface area contributed by atoms with Gasteiger partial charge in [-0.3, -0.25) is 0 Å². The van der Waals surface area contributed by atoms with Gasteiger partial charge in [0.1, 0.15) is 5.52 Å². The van der Waals surface area contributed by atoms with Gasteiger partial charge in [0.05, 0.1) is 31.4 Å². The Hall–Kier alpha value is -2.94. The fourth-order valence-corrected chi connectivity index (χ4v) is 2.74. The van der Waals surface area contributed by atoms with Crippen LogP contribution in [0.1, 0.15) is 12.8 Å². The van der Waals surface area contributed by atoms with Crippen molar-refractivity contribution in [2.24, 2.45) is 0 Å². The number of H-pyrrole nitrogens is 1. The van der Waals surface area contributed by atoms with E-state index in [1.54, 1.807) is 25.7 Å². The maximum Gasteiger partial charge on any atom is 0.231 e. The molecule has 0 aromatic carbocycles. The van der Waals surface area contributed by atoms with Crippen molar-refractivity contribution >= 4 is 28.6 Å². The van der Waals surface area contributed by atoms with E-state index in [-0.39, 0.29) is 6.10 Å². The van der Waals surface area contributed by atoms with Gasteiger partial charge < -0.3 is 25.1 Å². The van der Waals surface area contributed by atoms with Gasteiger partial charge >= 0.3 is 0 Å². The number of aromatic amines is 1. The summed E-state index contributed by atoms with van der Waals surface area (Å²) in [4.78, 5) is 20.4. The second kappa shape index (κ2) is 6.89. The first-order valence-electron chi connectivity index (χ1n) is 8.15. The van der Waals surface area contributed by atoms with Crippen LogP contribution in [0.3, 0.4) is 0 Å². The van der Waals surface area contributed by atoms with Crippen LogP contribution in [0, 0.1) is 0 Å². The highest BCUT2D eigenvalue weighted by Crippen LogP contribution is 2.22. The van der Waals surface area contributed by atoms with Gasteiger partial charge in [-0.2, -0.15) is 9.97 Å². The molecule has 0 aliphatic carbocycles. The van der Waals surface area contributed by atoms with E-state index < -0.39 is 0 Å². The Labute approximate surface area is 144 Å². The lowest BCUT2D eigenvalue weighted by Gasteiger charge is -2.13. The van der Waals surface area contributed by atoms with E-state index >= 15 is 0 Å². The third-order valence-corrected chi connectivity index (χ3v) is 4.01. The number of nitrogens with one attached hydrogen (secondary N) is 3. The fourth-order valence-electron chi connectivity index (χ4n) is 2.74. The summed E-state index contributed by atoms with van der Waals surface area (Å²) in [5.74, 6) is 1.69. The molecule has 25 heavy (non-hydrogen) atoms. The molecule has 130 valence electrons. The zero-order valence-corrected chi connectivity index (χ0v) is 13.8. The highest BCUT2D eigenvalue weighted by Gasteiger charge is 2.17. The predicted molar refractivity (Wildman–Crippen MR) is 93.2 cm³/mol. The molecule has 0 spiro atoms. The molecule has 4 rings (SSSR count). The van der Waals surface area contributed by atoms with Crippen LogP contribution in [0.2, 0.25) is 0 Å². The lowest BCUT2D eigenvalue weighted by atomic mass is 10.2. The molecule has 1 aliphatic rings. The fraction of sp³-hybridized carbons (Fsp3) is 0.375. The first-order valence-corrected chi connectivity index (χ1v) is 8.15. The van der Waals surface area contributed by atoms with Crippen molar-refractivity contribution in [1.29, 1.82) is 0 Å². The first kappa shape index (κ1) is 15.6. The van der Waals surface area contributed by atoms with Crippen molar-refractivity contribution in [2.75, 3.05) is 30.9 Å². The lowest BCUT2D eigenvalue weighted by Crippen LogP contribution is -2.19. The molecule has 1 fully saturated rings. The second-order valence-corrected chi connectivity index (χ2v) is 5.73. The number of hydrogen-bond acceptors (Lipinski definition) is 8. The molecule has 0 saturated carbocycles. The first-order chi connectivity index (χ1) is 12.3. The quantitative estimate of drug-likeness (QED) is 0.625. The minimum Gasteiger partial charge on any atom is -0.481 e. The zero-order chi connectivity index (χ0) is 17.1. The summed E-state index contributed by atoms with van der Waals surface area (Å²) in [6.07, 6.45) is 5.65. The molecule has 0 bridgehead atoms. The predicted octanol–water partition coefficient (Wildman–Crippen LogP) is 2.09. The highest BCUT2D eigenvalue weighted by atomic mass is 16.5. The maximum atomic E-state index is 5.65. The van der Waals surface area contributed by atoms with Crippen molar-refractivity contribution in [2.45, 2.75) is 18.9 Å². The van der Waals surface area contributed by atoms with Crippen molar-refractivity contribution in [1.82, 2.24) is 24.9 Å². The summed E-state index contributed by atoms with van der Waals surface area (Å²) in [5.41, 5.74) is 2.13. The Morgan fingerprint density at radius 1 is 1.32 bits per heavy atom. The standard InChI is InChI=1S/C16H19N7O2/c1-24-12-5-4-10(7-17-12)21-16-22-14(13-15(23-16)20-9-19-13)18-8-11-3-2-6-25-11/h4-5,7,9,11H,2-3,6,8H2,1H3,(H3,18,19,20,21,22,23). The minimum atomic E-state index is 0.218. The summed E-state index contributed by atoms with van der Waals surface area (Å²) in [5, 5.41) is 6.48. The van der Waals surface area contributed by atoms with Crippen LogP contribution in [0.15, 0.2) is 24.7 Å². The second-order valence-electron chi connectivity index (χ2n) is 5.73. The topological polar surface area (TPSA) is 110 Å². The van der Waals surface area contributed by atoms with Crippen molar-refractivity contribution in [3.8, 4) is 5.88 Å². The molecular weight excluding hydrogens is 322 g/mol. The van der Waals surface area contributed by atoms with Crippen molar-refractivity contribution < 1.29 is 9.47 Å². The van der Waals surface area contributed by atoms with Gasteiger partial charge in [-0.05, 0) is 18.9 Å². The van der Waals surface area contributed by atoms with Crippen molar-refractivity contribution in [3.05, 3.63) is 24.7 Å². The van der Waals surface area contributed by atoms with Crippen molar-refractivity contribution in [3.63, 3.8) is 0 Å². The number of pyridine rings is 1. The maximum absolute atomic E-state index is 5.65. The van der Waals surface area contributed by atoms with Crippen LogP contribution in [0.25, 0.3) is 11.2 Å². The van der Waals surface area contributed by atoms with Gasteiger partial charge in [0.25, 0.3) is 0 Å². The molecule has 1 unspecified atom stereocenters. The molecule has 9 heteroatoms. The summed E-state index contributed by atoms with van der Waals surface area (Å²) < 4.78 is 10.7. The van der Waals surface area contributed by atoms with Crippen LogP contribution in [-0.4, -0.2) is 51.3 Å². The summed E-state index contributed by atoms with van der Waals surface area (Å²) in [7, 11) is 1.58. The molecule has 0 amide bonds. The van der Waals surface area contributed by atoms with E-state index in [0.29, 0.717) is 29.8 Å². The number of rotatable bonds is 6. The molecule has 1 aliphatic heterocycles. The van der Waals surface area contributed by atoms with E-state index in [1.807, 2.05) is 6.07 Å². The van der Waals surface area contributed by atoms with Gasteiger partial charge in [-0.1, -0.05) is 0 Å². The summed E-state index contributed by atoms with van der Waals surface area (Å²) in [6.45, 7) is 1.53. The molecule has 1 saturated heterocycles. The molecule has 9 nitrogen and oxygen atoms in total. The minimum absolute atomic E-state index is 0.218. The van der Waals surface area contributed by atoms with E-state index in [9.17, 15) is 0 Å². The summed E-state index contributed by atoms with van der Waals surface area (Å²) >= 11 is 0. The average Bonchev–Trinajstić information content (AvgIpc) is 3.32. The van der Waals surface area contributed by atoms with E-state index in [0.717, 1.165) is 30.7 Å². The monoisotopic (exact) mass is 341 g/mol. The third-order valence-electron chi connectivity index (χ3n) is 4.01. The average molecular weight is 341 g/mol. The summed E-state index contributed by atoms with van der Waals surface area (Å²) in [6, 6.07) is 3.62.